The van der Waals surface area contributed by atoms with Crippen LogP contribution in [-0.4, -0.2) is 33.7 Å². The number of nitrogens with zero attached hydrogens (tertiary/aromatic N) is 4. The van der Waals surface area contributed by atoms with E-state index in [-0.39, 0.29) is 12.5 Å². The summed E-state index contributed by atoms with van der Waals surface area (Å²) in [5, 5.41) is 13.1. The van der Waals surface area contributed by atoms with E-state index in [9.17, 15) is 4.79 Å². The quantitative estimate of drug-likeness (QED) is 0.722. The Morgan fingerprint density at radius 3 is 2.72 bits per heavy atom. The molecule has 0 saturated carbocycles. The molecule has 0 saturated heterocycles. The zero-order valence-electron chi connectivity index (χ0n) is 11.3. The molecule has 0 aliphatic heterocycles. The van der Waals surface area contributed by atoms with Crippen LogP contribution in [0.25, 0.3) is 0 Å². The van der Waals surface area contributed by atoms with E-state index >= 15 is 0 Å². The highest BCUT2D eigenvalue weighted by Crippen LogP contribution is 2.09. The minimum absolute atomic E-state index is 0.104. The molecule has 0 aliphatic rings. The van der Waals surface area contributed by atoms with Crippen LogP contribution < -0.4 is 0 Å². The summed E-state index contributed by atoms with van der Waals surface area (Å²) < 4.78 is 1.71. The molecule has 0 unspecified atom stereocenters. The molecule has 1 aromatic heterocycles. The second-order valence-corrected chi connectivity index (χ2v) is 4.08. The van der Waals surface area contributed by atoms with E-state index in [1.165, 1.54) is 0 Å². The lowest BCUT2D eigenvalue weighted by Gasteiger charge is -2.18. The molecular formula is C13H20N4O. The second-order valence-electron chi connectivity index (χ2n) is 4.08. The van der Waals surface area contributed by atoms with Gasteiger partial charge in [0.2, 0.25) is 0 Å². The average molecular weight is 248 g/mol. The zero-order chi connectivity index (χ0) is 13.5. The van der Waals surface area contributed by atoms with E-state index in [1.54, 1.807) is 9.58 Å². The Bertz CT molecular complexity index is 444. The second kappa shape index (κ2) is 6.80. The first-order chi connectivity index (χ1) is 8.67. The van der Waals surface area contributed by atoms with Crippen molar-refractivity contribution in [1.29, 1.82) is 5.26 Å². The Kier molecular flexibility index (Phi) is 5.37. The molecule has 5 nitrogen and oxygen atoms in total. The van der Waals surface area contributed by atoms with Crippen molar-refractivity contribution in [3.63, 3.8) is 0 Å². The first kappa shape index (κ1) is 14.2. The molecule has 0 radical (unpaired) electrons. The number of amides is 1. The summed E-state index contributed by atoms with van der Waals surface area (Å²) in [4.78, 5) is 13.9. The van der Waals surface area contributed by atoms with E-state index in [0.29, 0.717) is 18.8 Å². The molecule has 0 N–H and O–H groups in total. The fraction of sp³-hybridized carbons (Fsp3) is 0.615. The Morgan fingerprint density at radius 2 is 2.22 bits per heavy atom. The summed E-state index contributed by atoms with van der Waals surface area (Å²) in [5.41, 5.74) is 1.49. The average Bonchev–Trinajstić information content (AvgIpc) is 2.81. The molecule has 0 bridgehead atoms. The van der Waals surface area contributed by atoms with Gasteiger partial charge in [0.25, 0.3) is 5.91 Å². The predicted octanol–water partition coefficient (Wildman–Crippen LogP) is 1.84. The van der Waals surface area contributed by atoms with Gasteiger partial charge in [0.1, 0.15) is 12.2 Å². The summed E-state index contributed by atoms with van der Waals surface area (Å²) in [6, 6.07) is 3.86. The highest BCUT2D eigenvalue weighted by molar-refractivity contribution is 5.92. The summed E-state index contributed by atoms with van der Waals surface area (Å²) >= 11 is 0. The smallest absolute Gasteiger partial charge is 0.272 e. The van der Waals surface area contributed by atoms with Crippen LogP contribution in [0.3, 0.4) is 0 Å². The van der Waals surface area contributed by atoms with E-state index in [1.807, 2.05) is 32.9 Å². The molecule has 1 heterocycles. The third-order valence-electron chi connectivity index (χ3n) is 2.75. The van der Waals surface area contributed by atoms with Gasteiger partial charge in [-0.1, -0.05) is 13.8 Å². The maximum absolute atomic E-state index is 12.3. The number of aromatic nitrogens is 2. The number of aryl methyl sites for hydroxylation is 2. The number of hydrogen-bond acceptors (Lipinski definition) is 3. The normalized spacial score (nSPS) is 10.1. The van der Waals surface area contributed by atoms with Crippen LogP contribution in [0.2, 0.25) is 0 Å². The minimum Gasteiger partial charge on any atom is -0.324 e. The molecule has 0 aromatic carbocycles. The van der Waals surface area contributed by atoms with Gasteiger partial charge in [0.05, 0.1) is 11.8 Å². The topological polar surface area (TPSA) is 61.9 Å². The predicted molar refractivity (Wildman–Crippen MR) is 69.1 cm³/mol. The molecule has 0 atom stereocenters. The summed E-state index contributed by atoms with van der Waals surface area (Å²) in [5.74, 6) is -0.104. The van der Waals surface area contributed by atoms with E-state index < -0.39 is 0 Å². The molecular weight excluding hydrogens is 228 g/mol. The van der Waals surface area contributed by atoms with Gasteiger partial charge in [-0.05, 0) is 25.8 Å². The number of carbonyl (C=O) groups excluding carboxylic acids is 1. The van der Waals surface area contributed by atoms with Crippen LogP contribution in [0, 0.1) is 11.3 Å². The van der Waals surface area contributed by atoms with Crippen molar-refractivity contribution in [3.8, 4) is 6.07 Å². The lowest BCUT2D eigenvalue weighted by molar-refractivity contribution is 0.0763. The summed E-state index contributed by atoms with van der Waals surface area (Å²) in [7, 11) is 0. The van der Waals surface area contributed by atoms with Crippen LogP contribution in [0.15, 0.2) is 6.07 Å². The third-order valence-corrected chi connectivity index (χ3v) is 2.75. The Balaban J connectivity index is 3.00. The first-order valence-corrected chi connectivity index (χ1v) is 6.40. The molecule has 0 fully saturated rings. The zero-order valence-corrected chi connectivity index (χ0v) is 11.3. The number of carbonyl (C=O) groups is 1. The number of hydrogen-bond donors (Lipinski definition) is 0. The van der Waals surface area contributed by atoms with Crippen LogP contribution in [-0.2, 0) is 13.0 Å². The van der Waals surface area contributed by atoms with Crippen LogP contribution in [0.1, 0.15) is 43.4 Å². The fourth-order valence-corrected chi connectivity index (χ4v) is 1.83. The highest BCUT2D eigenvalue weighted by atomic mass is 16.2. The van der Waals surface area contributed by atoms with Crippen molar-refractivity contribution in [2.24, 2.45) is 0 Å². The maximum Gasteiger partial charge on any atom is 0.272 e. The van der Waals surface area contributed by atoms with Gasteiger partial charge in [-0.25, -0.2) is 0 Å². The Morgan fingerprint density at radius 1 is 1.50 bits per heavy atom. The highest BCUT2D eigenvalue weighted by Gasteiger charge is 2.19. The molecule has 1 amide bonds. The third kappa shape index (κ3) is 3.10. The first-order valence-electron chi connectivity index (χ1n) is 6.40. The molecule has 0 aliphatic carbocycles. The van der Waals surface area contributed by atoms with Crippen molar-refractivity contribution in [2.45, 2.75) is 40.2 Å². The molecule has 98 valence electrons. The SMILES string of the molecule is CCCN(CC#N)C(=O)c1cc(CC)nn1CC. The van der Waals surface area contributed by atoms with E-state index in [0.717, 1.165) is 18.5 Å². The van der Waals surface area contributed by atoms with Gasteiger partial charge in [-0.15, -0.1) is 0 Å². The van der Waals surface area contributed by atoms with Gasteiger partial charge in [0, 0.05) is 13.1 Å². The molecule has 5 heteroatoms. The number of nitriles is 1. The standard InChI is InChI=1S/C13H20N4O/c1-4-8-16(9-7-14)13(18)12-10-11(5-2)15-17(12)6-3/h10H,4-6,8-9H2,1-3H3. The van der Waals surface area contributed by atoms with Crippen molar-refractivity contribution < 1.29 is 4.79 Å². The van der Waals surface area contributed by atoms with Gasteiger partial charge in [-0.2, -0.15) is 10.4 Å². The molecule has 1 rings (SSSR count). The van der Waals surface area contributed by atoms with Crippen molar-refractivity contribution >= 4 is 5.91 Å². The lowest BCUT2D eigenvalue weighted by Crippen LogP contribution is -2.33. The van der Waals surface area contributed by atoms with Crippen molar-refractivity contribution in [3.05, 3.63) is 17.5 Å². The summed E-state index contributed by atoms with van der Waals surface area (Å²) in [6.07, 6.45) is 1.65. The van der Waals surface area contributed by atoms with E-state index in [4.69, 9.17) is 5.26 Å². The van der Waals surface area contributed by atoms with Crippen molar-refractivity contribution in [2.75, 3.05) is 13.1 Å². The van der Waals surface area contributed by atoms with Gasteiger partial charge < -0.3 is 4.90 Å². The van der Waals surface area contributed by atoms with E-state index in [2.05, 4.69) is 5.10 Å². The summed E-state index contributed by atoms with van der Waals surface area (Å²) in [6.45, 7) is 7.35. The van der Waals surface area contributed by atoms with Crippen molar-refractivity contribution in [1.82, 2.24) is 14.7 Å². The molecule has 18 heavy (non-hydrogen) atoms. The number of rotatable bonds is 6. The fourth-order valence-electron chi connectivity index (χ4n) is 1.83. The van der Waals surface area contributed by atoms with Crippen LogP contribution in [0.5, 0.6) is 0 Å². The Hall–Kier alpha value is -1.83. The lowest BCUT2D eigenvalue weighted by atomic mass is 10.2. The maximum atomic E-state index is 12.3. The monoisotopic (exact) mass is 248 g/mol. The van der Waals surface area contributed by atoms with Gasteiger partial charge in [-0.3, -0.25) is 9.48 Å². The van der Waals surface area contributed by atoms with Gasteiger partial charge >= 0.3 is 0 Å². The van der Waals surface area contributed by atoms with Crippen LogP contribution >= 0.6 is 0 Å². The van der Waals surface area contributed by atoms with Crippen LogP contribution in [0.4, 0.5) is 0 Å². The molecule has 0 spiro atoms. The minimum atomic E-state index is -0.104. The molecule has 1 aromatic rings. The largest absolute Gasteiger partial charge is 0.324 e. The van der Waals surface area contributed by atoms with Gasteiger partial charge in [0.15, 0.2) is 0 Å². The Labute approximate surface area is 108 Å².